The van der Waals surface area contributed by atoms with Crippen LogP contribution in [-0.2, 0) is 0 Å². The molecule has 0 radical (unpaired) electrons. The lowest BCUT2D eigenvalue weighted by Gasteiger charge is -2.24. The van der Waals surface area contributed by atoms with E-state index in [0.717, 1.165) is 16.5 Å². The Bertz CT molecular complexity index is 570. The highest BCUT2D eigenvalue weighted by Crippen LogP contribution is 2.30. The molecule has 0 aromatic heterocycles. The number of benzene rings is 2. The van der Waals surface area contributed by atoms with Crippen LogP contribution in [0.3, 0.4) is 0 Å². The first-order valence-electron chi connectivity index (χ1n) is 6.91. The fourth-order valence-corrected chi connectivity index (χ4v) is 3.06. The number of aromatic hydroxyl groups is 1. The molecule has 2 N–H and O–H groups in total. The molecule has 2 nitrogen and oxygen atoms in total. The van der Waals surface area contributed by atoms with Crippen LogP contribution in [0.15, 0.2) is 53.0 Å². The van der Waals surface area contributed by atoms with Gasteiger partial charge in [-0.25, -0.2) is 0 Å². The van der Waals surface area contributed by atoms with Crippen molar-refractivity contribution < 1.29 is 5.11 Å². The lowest BCUT2D eigenvalue weighted by Crippen LogP contribution is -2.24. The van der Waals surface area contributed by atoms with Crippen molar-refractivity contribution in [3.05, 3.63) is 64.1 Å². The minimum atomic E-state index is 0.137. The van der Waals surface area contributed by atoms with Gasteiger partial charge in [0.25, 0.3) is 0 Å². The molecule has 0 fully saturated rings. The summed E-state index contributed by atoms with van der Waals surface area (Å²) < 4.78 is 1.10. The molecule has 0 aliphatic carbocycles. The quantitative estimate of drug-likeness (QED) is 0.810. The van der Waals surface area contributed by atoms with Gasteiger partial charge in [0.2, 0.25) is 0 Å². The molecule has 2 atom stereocenters. The summed E-state index contributed by atoms with van der Waals surface area (Å²) in [5.41, 5.74) is 2.18. The van der Waals surface area contributed by atoms with Gasteiger partial charge in [-0.15, -0.1) is 0 Å². The third-order valence-corrected chi connectivity index (χ3v) is 4.27. The van der Waals surface area contributed by atoms with Crippen molar-refractivity contribution in [2.75, 3.05) is 0 Å². The third kappa shape index (κ3) is 3.41. The number of hydrogen-bond acceptors (Lipinski definition) is 2. The maximum Gasteiger partial charge on any atom is 0.120 e. The largest absolute Gasteiger partial charge is 0.508 e. The first kappa shape index (κ1) is 15.1. The molecule has 0 aliphatic rings. The highest BCUT2D eigenvalue weighted by molar-refractivity contribution is 9.10. The zero-order valence-electron chi connectivity index (χ0n) is 11.8. The van der Waals surface area contributed by atoms with E-state index in [0.29, 0.717) is 5.75 Å². The highest BCUT2D eigenvalue weighted by Gasteiger charge is 2.17. The van der Waals surface area contributed by atoms with Gasteiger partial charge in [-0.3, -0.25) is 0 Å². The van der Waals surface area contributed by atoms with Crippen LogP contribution in [0.25, 0.3) is 0 Å². The second-order valence-electron chi connectivity index (χ2n) is 4.93. The van der Waals surface area contributed by atoms with Crippen LogP contribution in [0.4, 0.5) is 0 Å². The minimum Gasteiger partial charge on any atom is -0.508 e. The van der Waals surface area contributed by atoms with E-state index in [1.54, 1.807) is 6.07 Å². The SMILES string of the molecule is CCC(NC(C)c1ccccc1Br)c1ccccc1O. The maximum absolute atomic E-state index is 10.0. The fraction of sp³-hybridized carbons (Fsp3) is 0.294. The Morgan fingerprint density at radius 2 is 1.65 bits per heavy atom. The van der Waals surface area contributed by atoms with Gasteiger partial charge in [-0.1, -0.05) is 59.3 Å². The van der Waals surface area contributed by atoms with Crippen molar-refractivity contribution in [1.29, 1.82) is 0 Å². The Morgan fingerprint density at radius 3 is 2.25 bits per heavy atom. The number of phenols is 1. The molecule has 0 saturated heterocycles. The molecule has 2 aromatic carbocycles. The summed E-state index contributed by atoms with van der Waals surface area (Å²) in [7, 11) is 0. The summed E-state index contributed by atoms with van der Waals surface area (Å²) in [6.45, 7) is 4.26. The van der Waals surface area contributed by atoms with E-state index in [1.807, 2.05) is 30.3 Å². The number of rotatable bonds is 5. The molecule has 0 heterocycles. The summed E-state index contributed by atoms with van der Waals surface area (Å²) >= 11 is 3.59. The first-order chi connectivity index (χ1) is 9.63. The molecule has 2 unspecified atom stereocenters. The van der Waals surface area contributed by atoms with E-state index in [4.69, 9.17) is 0 Å². The van der Waals surface area contributed by atoms with E-state index in [1.165, 1.54) is 5.56 Å². The Morgan fingerprint density at radius 1 is 1.05 bits per heavy atom. The average molecular weight is 334 g/mol. The van der Waals surface area contributed by atoms with E-state index in [2.05, 4.69) is 47.2 Å². The second kappa shape index (κ2) is 6.91. The molecule has 20 heavy (non-hydrogen) atoms. The van der Waals surface area contributed by atoms with Crippen LogP contribution in [0.5, 0.6) is 5.75 Å². The zero-order valence-corrected chi connectivity index (χ0v) is 13.4. The standard InChI is InChI=1S/C17H20BrNO/c1-3-16(14-9-5-7-11-17(14)20)19-12(2)13-8-4-6-10-15(13)18/h4-12,16,19-20H,3H2,1-2H3. The second-order valence-corrected chi connectivity index (χ2v) is 5.78. The Balaban J connectivity index is 2.19. The Hall–Kier alpha value is -1.32. The third-order valence-electron chi connectivity index (χ3n) is 3.54. The van der Waals surface area contributed by atoms with E-state index in [9.17, 15) is 5.11 Å². The van der Waals surface area contributed by atoms with Gasteiger partial charge < -0.3 is 10.4 Å². The van der Waals surface area contributed by atoms with Gasteiger partial charge in [0.05, 0.1) is 0 Å². The molecule has 0 aliphatic heterocycles. The van der Waals surface area contributed by atoms with Gasteiger partial charge in [-0.2, -0.15) is 0 Å². The molecule has 0 saturated carbocycles. The molecule has 2 rings (SSSR count). The van der Waals surface area contributed by atoms with E-state index < -0.39 is 0 Å². The summed E-state index contributed by atoms with van der Waals surface area (Å²) in [5.74, 6) is 0.353. The predicted octanol–water partition coefficient (Wildman–Crippen LogP) is 4.96. The molecule has 0 spiro atoms. The summed E-state index contributed by atoms with van der Waals surface area (Å²) in [6.07, 6.45) is 0.923. The molecule has 106 valence electrons. The van der Waals surface area contributed by atoms with Crippen molar-refractivity contribution in [3.63, 3.8) is 0 Å². The minimum absolute atomic E-state index is 0.137. The monoisotopic (exact) mass is 333 g/mol. The first-order valence-corrected chi connectivity index (χ1v) is 7.71. The van der Waals surface area contributed by atoms with Crippen molar-refractivity contribution >= 4 is 15.9 Å². The molecule has 3 heteroatoms. The van der Waals surface area contributed by atoms with Crippen LogP contribution in [-0.4, -0.2) is 5.11 Å². The van der Waals surface area contributed by atoms with Crippen LogP contribution < -0.4 is 5.32 Å². The molecule has 2 aromatic rings. The summed E-state index contributed by atoms with van der Waals surface area (Å²) in [6, 6.07) is 16.1. The fourth-order valence-electron chi connectivity index (χ4n) is 2.43. The van der Waals surface area contributed by atoms with Crippen molar-refractivity contribution in [1.82, 2.24) is 5.32 Å². The van der Waals surface area contributed by atoms with Crippen LogP contribution in [0.1, 0.15) is 43.5 Å². The number of hydrogen-bond donors (Lipinski definition) is 2. The van der Waals surface area contributed by atoms with Gasteiger partial charge in [0, 0.05) is 22.1 Å². The van der Waals surface area contributed by atoms with Crippen molar-refractivity contribution in [2.24, 2.45) is 0 Å². The van der Waals surface area contributed by atoms with Crippen molar-refractivity contribution in [3.8, 4) is 5.75 Å². The number of para-hydroxylation sites is 1. The van der Waals surface area contributed by atoms with Gasteiger partial charge in [0.15, 0.2) is 0 Å². The molecule has 0 amide bonds. The Kier molecular flexibility index (Phi) is 5.21. The van der Waals surface area contributed by atoms with Gasteiger partial charge in [-0.05, 0) is 31.0 Å². The van der Waals surface area contributed by atoms with E-state index >= 15 is 0 Å². The number of halogens is 1. The highest BCUT2D eigenvalue weighted by atomic mass is 79.9. The zero-order chi connectivity index (χ0) is 14.5. The van der Waals surface area contributed by atoms with Crippen LogP contribution >= 0.6 is 15.9 Å². The molecule has 0 bridgehead atoms. The molecular formula is C17H20BrNO. The lowest BCUT2D eigenvalue weighted by molar-refractivity contribution is 0.419. The Labute approximate surface area is 129 Å². The topological polar surface area (TPSA) is 32.3 Å². The number of phenolic OH excluding ortho intramolecular Hbond substituents is 1. The lowest BCUT2D eigenvalue weighted by atomic mass is 10.0. The van der Waals surface area contributed by atoms with E-state index in [-0.39, 0.29) is 12.1 Å². The molecular weight excluding hydrogens is 314 g/mol. The maximum atomic E-state index is 10.0. The van der Waals surface area contributed by atoms with Crippen LogP contribution in [0.2, 0.25) is 0 Å². The van der Waals surface area contributed by atoms with Crippen LogP contribution in [0, 0.1) is 0 Å². The number of nitrogens with one attached hydrogen (secondary N) is 1. The normalized spacial score (nSPS) is 13.9. The van der Waals surface area contributed by atoms with Gasteiger partial charge in [0.1, 0.15) is 5.75 Å². The van der Waals surface area contributed by atoms with Gasteiger partial charge >= 0.3 is 0 Å². The average Bonchev–Trinajstić information content (AvgIpc) is 2.46. The summed E-state index contributed by atoms with van der Waals surface area (Å²) in [4.78, 5) is 0. The van der Waals surface area contributed by atoms with Crippen molar-refractivity contribution in [2.45, 2.75) is 32.4 Å². The predicted molar refractivity (Wildman–Crippen MR) is 86.8 cm³/mol. The summed E-state index contributed by atoms with van der Waals surface area (Å²) in [5, 5.41) is 13.6. The smallest absolute Gasteiger partial charge is 0.120 e.